The fourth-order valence-corrected chi connectivity index (χ4v) is 6.49. The second kappa shape index (κ2) is 14.7. The minimum absolute atomic E-state index is 0.146. The third kappa shape index (κ3) is 8.52. The van der Waals surface area contributed by atoms with Gasteiger partial charge in [-0.05, 0) is 73.4 Å². The van der Waals surface area contributed by atoms with Gasteiger partial charge in [0.2, 0.25) is 5.95 Å². The summed E-state index contributed by atoms with van der Waals surface area (Å²) in [6, 6.07) is 11.8. The summed E-state index contributed by atoms with van der Waals surface area (Å²) in [4.78, 5) is 47.3. The van der Waals surface area contributed by atoms with Gasteiger partial charge < -0.3 is 24.3 Å². The number of benzene rings is 1. The molecule has 47 heavy (non-hydrogen) atoms. The van der Waals surface area contributed by atoms with Crippen LogP contribution in [0.4, 0.5) is 5.95 Å². The summed E-state index contributed by atoms with van der Waals surface area (Å²) in [5, 5.41) is 23.3. The number of fused-ring (bicyclic) bond motifs is 1. The average Bonchev–Trinajstić information content (AvgIpc) is 3.48. The summed E-state index contributed by atoms with van der Waals surface area (Å²) in [7, 11) is 0. The Morgan fingerprint density at radius 3 is 2.68 bits per heavy atom. The molecule has 4 heterocycles. The van der Waals surface area contributed by atoms with Crippen LogP contribution in [0.15, 0.2) is 59.0 Å². The third-order valence-electron chi connectivity index (χ3n) is 7.96. The van der Waals surface area contributed by atoms with Crippen molar-refractivity contribution in [2.45, 2.75) is 65.6 Å². The fraction of sp³-hybridized carbons (Fsp3) is 0.412. The number of likely N-dealkylation sites (tertiary alicyclic amines) is 1. The van der Waals surface area contributed by atoms with E-state index in [4.69, 9.17) is 19.3 Å². The molecule has 0 spiro atoms. The van der Waals surface area contributed by atoms with Gasteiger partial charge in [0.15, 0.2) is 12.2 Å². The van der Waals surface area contributed by atoms with Crippen LogP contribution in [0.2, 0.25) is 0 Å². The Morgan fingerprint density at radius 1 is 1.21 bits per heavy atom. The first-order chi connectivity index (χ1) is 22.6. The molecular weight excluding hydrogens is 618 g/mol. The Morgan fingerprint density at radius 2 is 2.00 bits per heavy atom. The van der Waals surface area contributed by atoms with Gasteiger partial charge >= 0.3 is 0 Å². The van der Waals surface area contributed by atoms with Gasteiger partial charge in [-0.3, -0.25) is 19.7 Å². The van der Waals surface area contributed by atoms with Crippen molar-refractivity contribution in [3.05, 3.63) is 65.0 Å². The number of hydrogen-bond donors (Lipinski definition) is 3. The number of amides is 2. The largest absolute Gasteiger partial charge is 0.483 e. The van der Waals surface area contributed by atoms with Crippen molar-refractivity contribution in [2.24, 2.45) is 11.3 Å². The summed E-state index contributed by atoms with van der Waals surface area (Å²) in [5.41, 5.74) is 2.65. The summed E-state index contributed by atoms with van der Waals surface area (Å²) >= 11 is 1.32. The van der Waals surface area contributed by atoms with Crippen molar-refractivity contribution in [3.63, 3.8) is 0 Å². The van der Waals surface area contributed by atoms with E-state index < -0.39 is 0 Å². The lowest BCUT2D eigenvalue weighted by molar-refractivity contribution is -0.127. The molecule has 246 valence electrons. The highest BCUT2D eigenvalue weighted by Gasteiger charge is 2.33. The lowest BCUT2D eigenvalue weighted by Gasteiger charge is -2.26. The number of anilines is 1. The van der Waals surface area contributed by atoms with E-state index in [0.29, 0.717) is 29.7 Å². The second-order valence-corrected chi connectivity index (χ2v) is 13.9. The topological polar surface area (TPSA) is 166 Å². The van der Waals surface area contributed by atoms with Crippen molar-refractivity contribution >= 4 is 46.6 Å². The zero-order valence-corrected chi connectivity index (χ0v) is 27.5. The Balaban J connectivity index is 0.00000139. The number of aromatic nitrogens is 3. The molecule has 0 bridgehead atoms. The van der Waals surface area contributed by atoms with E-state index in [-0.39, 0.29) is 35.3 Å². The Kier molecular flexibility index (Phi) is 10.5. The number of oxazole rings is 1. The predicted molar refractivity (Wildman–Crippen MR) is 179 cm³/mol. The molecule has 13 heteroatoms. The molecule has 1 aliphatic heterocycles. The lowest BCUT2D eigenvalue weighted by Crippen LogP contribution is -2.39. The van der Waals surface area contributed by atoms with Crippen LogP contribution in [0.5, 0.6) is 0 Å². The van der Waals surface area contributed by atoms with E-state index in [1.807, 2.05) is 37.5 Å². The Bertz CT molecular complexity index is 1790. The SMILES string of the molecule is CC(C)(C)C=C(C#N)C(=O)N1CCC[C@@H]1Cn1c(NC(=O)c2ccc(-c3cnco3)s2)nc2cc(CNCC3CC3)ccc21.O=CO. The van der Waals surface area contributed by atoms with E-state index in [0.717, 1.165) is 53.3 Å². The molecule has 2 amide bonds. The molecule has 0 unspecified atom stereocenters. The van der Waals surface area contributed by atoms with E-state index in [9.17, 15) is 14.9 Å². The summed E-state index contributed by atoms with van der Waals surface area (Å²) in [5.74, 6) is 1.30. The Labute approximate surface area is 277 Å². The number of allylic oxidation sites excluding steroid dienone is 1. The minimum Gasteiger partial charge on any atom is -0.483 e. The number of rotatable bonds is 10. The van der Waals surface area contributed by atoms with Gasteiger partial charge in [0.05, 0.1) is 33.0 Å². The van der Waals surface area contributed by atoms with Gasteiger partial charge in [-0.15, -0.1) is 11.3 Å². The molecule has 1 saturated heterocycles. The molecule has 3 aromatic heterocycles. The first kappa shape index (κ1) is 33.6. The number of carboxylic acid groups (broad SMARTS) is 1. The molecule has 6 rings (SSSR count). The number of thiophene rings is 1. The summed E-state index contributed by atoms with van der Waals surface area (Å²) in [6.45, 7) is 8.47. The first-order valence-electron chi connectivity index (χ1n) is 15.6. The summed E-state index contributed by atoms with van der Waals surface area (Å²) in [6.07, 6.45) is 8.96. The van der Waals surface area contributed by atoms with E-state index in [1.165, 1.54) is 30.6 Å². The predicted octanol–water partition coefficient (Wildman–Crippen LogP) is 5.69. The molecule has 1 aliphatic carbocycles. The molecule has 2 aliphatic rings. The molecule has 1 atom stereocenters. The zero-order valence-electron chi connectivity index (χ0n) is 26.7. The van der Waals surface area contributed by atoms with Gasteiger partial charge in [-0.25, -0.2) is 9.97 Å². The third-order valence-corrected chi connectivity index (χ3v) is 9.06. The van der Waals surface area contributed by atoms with Gasteiger partial charge in [0.1, 0.15) is 11.6 Å². The number of carbonyl (C=O) groups is 3. The van der Waals surface area contributed by atoms with Crippen LogP contribution in [-0.4, -0.2) is 62.0 Å². The maximum Gasteiger partial charge on any atom is 0.290 e. The second-order valence-electron chi connectivity index (χ2n) is 12.9. The number of nitrogens with one attached hydrogen (secondary N) is 2. The average molecular weight is 658 g/mol. The maximum absolute atomic E-state index is 13.5. The zero-order chi connectivity index (χ0) is 33.6. The number of hydrogen-bond acceptors (Lipinski definition) is 9. The molecule has 0 radical (unpaired) electrons. The van der Waals surface area contributed by atoms with Crippen molar-refractivity contribution in [1.29, 1.82) is 5.26 Å². The number of carbonyl (C=O) groups excluding carboxylic acids is 2. The normalized spacial score (nSPS) is 16.4. The maximum atomic E-state index is 13.5. The van der Waals surface area contributed by atoms with Crippen molar-refractivity contribution in [2.75, 3.05) is 18.4 Å². The highest BCUT2D eigenvalue weighted by molar-refractivity contribution is 7.17. The van der Waals surface area contributed by atoms with Crippen LogP contribution in [0.25, 0.3) is 21.7 Å². The van der Waals surface area contributed by atoms with Gasteiger partial charge in [-0.1, -0.05) is 32.9 Å². The molecule has 1 aromatic carbocycles. The van der Waals surface area contributed by atoms with Crippen LogP contribution in [0, 0.1) is 22.7 Å². The summed E-state index contributed by atoms with van der Waals surface area (Å²) < 4.78 is 7.39. The van der Waals surface area contributed by atoms with E-state index in [2.05, 4.69) is 33.8 Å². The molecular formula is C34H39N7O5S. The molecule has 3 N–H and O–H groups in total. The van der Waals surface area contributed by atoms with E-state index in [1.54, 1.807) is 23.2 Å². The van der Waals surface area contributed by atoms with Crippen LogP contribution in [0.3, 0.4) is 0 Å². The molecule has 2 fully saturated rings. The highest BCUT2D eigenvalue weighted by Crippen LogP contribution is 2.31. The van der Waals surface area contributed by atoms with Gasteiger partial charge in [-0.2, -0.15) is 5.26 Å². The quantitative estimate of drug-likeness (QED) is 0.110. The molecule has 12 nitrogen and oxygen atoms in total. The molecule has 4 aromatic rings. The monoisotopic (exact) mass is 657 g/mol. The fourth-order valence-electron chi connectivity index (χ4n) is 5.63. The van der Waals surface area contributed by atoms with Crippen molar-refractivity contribution in [3.8, 4) is 16.7 Å². The Hall–Kier alpha value is -4.80. The number of nitrogens with zero attached hydrogens (tertiary/aromatic N) is 5. The van der Waals surface area contributed by atoms with Crippen molar-refractivity contribution in [1.82, 2.24) is 24.8 Å². The van der Waals surface area contributed by atoms with Crippen LogP contribution >= 0.6 is 11.3 Å². The first-order valence-corrected chi connectivity index (χ1v) is 16.4. The van der Waals surface area contributed by atoms with Crippen LogP contribution < -0.4 is 10.6 Å². The van der Waals surface area contributed by atoms with Gasteiger partial charge in [0, 0.05) is 19.6 Å². The standard InChI is InChI=1S/C33H37N7O3S.CH2O2/c1-33(2,3)14-23(15-34)31(42)39-12-4-5-24(39)19-40-26-9-8-22(17-35-16-21-6-7-21)13-25(26)37-32(40)38-30(41)29-11-10-28(44-29)27-18-36-20-43-27;2-1-3/h8-11,13-14,18,20-21,24,35H,4-7,12,16-17,19H2,1-3H3,(H,37,38,41);1H,(H,2,3)/t24-;/m1./s1. The van der Waals surface area contributed by atoms with Gasteiger partial charge in [0.25, 0.3) is 18.3 Å². The highest BCUT2D eigenvalue weighted by atomic mass is 32.1. The van der Waals surface area contributed by atoms with Crippen LogP contribution in [-0.2, 0) is 22.7 Å². The number of nitriles is 1. The lowest BCUT2D eigenvalue weighted by atomic mass is 9.93. The smallest absolute Gasteiger partial charge is 0.290 e. The van der Waals surface area contributed by atoms with E-state index >= 15 is 0 Å². The van der Waals surface area contributed by atoms with Crippen LogP contribution in [0.1, 0.15) is 61.7 Å². The van der Waals surface area contributed by atoms with Crippen molar-refractivity contribution < 1.29 is 23.9 Å². The minimum atomic E-state index is -0.297. The molecule has 1 saturated carbocycles. The number of imidazole rings is 1.